The van der Waals surface area contributed by atoms with E-state index in [9.17, 15) is 0 Å². The molecule has 1 rings (SSSR count). The van der Waals surface area contributed by atoms with Crippen molar-refractivity contribution in [3.8, 4) is 0 Å². The number of nitrogens with zero attached hydrogens (tertiary/aromatic N) is 3. The summed E-state index contributed by atoms with van der Waals surface area (Å²) in [7, 11) is 5.91. The van der Waals surface area contributed by atoms with Crippen LogP contribution in [0.2, 0.25) is 0 Å². The van der Waals surface area contributed by atoms with Crippen LogP contribution in [0.4, 0.5) is 5.95 Å². The summed E-state index contributed by atoms with van der Waals surface area (Å²) in [4.78, 5) is 11.0. The van der Waals surface area contributed by atoms with Crippen molar-refractivity contribution in [1.82, 2.24) is 15.3 Å². The van der Waals surface area contributed by atoms with E-state index in [1.807, 2.05) is 26.0 Å². The van der Waals surface area contributed by atoms with Crippen LogP contribution < -0.4 is 10.2 Å². The number of hydrogen-bond donors (Lipinski definition) is 1. The highest BCUT2D eigenvalue weighted by Gasteiger charge is 2.08. The van der Waals surface area contributed by atoms with Crippen LogP contribution in [0.5, 0.6) is 0 Å². The van der Waals surface area contributed by atoms with Gasteiger partial charge >= 0.3 is 0 Å². The molecule has 1 N–H and O–H groups in total. The molecule has 0 saturated carbocycles. The quantitative estimate of drug-likeness (QED) is 0.763. The summed E-state index contributed by atoms with van der Waals surface area (Å²) in [5.41, 5.74) is 3.50. The SMILES string of the molecule is CNCCCc1c(C)nc(N(C)C)nc1C. The van der Waals surface area contributed by atoms with E-state index < -0.39 is 0 Å². The predicted molar refractivity (Wildman–Crippen MR) is 68.1 cm³/mol. The zero-order valence-corrected chi connectivity index (χ0v) is 11.0. The average Bonchev–Trinajstić information content (AvgIpc) is 2.21. The largest absolute Gasteiger partial charge is 0.347 e. The van der Waals surface area contributed by atoms with Crippen molar-refractivity contribution in [3.63, 3.8) is 0 Å². The minimum atomic E-state index is 0.798. The second-order valence-electron chi connectivity index (χ2n) is 4.27. The fraction of sp³-hybridized carbons (Fsp3) is 0.667. The average molecular weight is 222 g/mol. The van der Waals surface area contributed by atoms with Gasteiger partial charge in [0.15, 0.2) is 0 Å². The third kappa shape index (κ3) is 3.17. The maximum absolute atomic E-state index is 4.51. The molecule has 16 heavy (non-hydrogen) atoms. The maximum Gasteiger partial charge on any atom is 0.225 e. The molecule has 0 bridgehead atoms. The van der Waals surface area contributed by atoms with Crippen LogP contribution in [0.15, 0.2) is 0 Å². The van der Waals surface area contributed by atoms with E-state index >= 15 is 0 Å². The van der Waals surface area contributed by atoms with E-state index in [0.717, 1.165) is 36.7 Å². The van der Waals surface area contributed by atoms with Gasteiger partial charge in [0.2, 0.25) is 5.95 Å². The number of rotatable bonds is 5. The Morgan fingerprint density at radius 3 is 2.12 bits per heavy atom. The number of aromatic nitrogens is 2. The lowest BCUT2D eigenvalue weighted by atomic mass is 10.1. The fourth-order valence-electron chi connectivity index (χ4n) is 1.73. The second-order valence-corrected chi connectivity index (χ2v) is 4.27. The molecule has 0 radical (unpaired) electrons. The Labute approximate surface area is 98.1 Å². The Morgan fingerprint density at radius 2 is 1.69 bits per heavy atom. The fourth-order valence-corrected chi connectivity index (χ4v) is 1.73. The molecule has 0 saturated heterocycles. The first-order valence-electron chi connectivity index (χ1n) is 5.72. The van der Waals surface area contributed by atoms with E-state index in [4.69, 9.17) is 0 Å². The summed E-state index contributed by atoms with van der Waals surface area (Å²) in [5, 5.41) is 3.16. The van der Waals surface area contributed by atoms with E-state index in [2.05, 4.69) is 29.1 Å². The summed E-state index contributed by atoms with van der Waals surface area (Å²) in [5.74, 6) is 0.798. The zero-order valence-electron chi connectivity index (χ0n) is 11.0. The maximum atomic E-state index is 4.51. The van der Waals surface area contributed by atoms with Crippen molar-refractivity contribution in [2.45, 2.75) is 26.7 Å². The van der Waals surface area contributed by atoms with E-state index in [-0.39, 0.29) is 0 Å². The molecular formula is C12H22N4. The van der Waals surface area contributed by atoms with Gasteiger partial charge in [0.05, 0.1) is 0 Å². The molecule has 0 spiro atoms. The van der Waals surface area contributed by atoms with E-state index in [1.54, 1.807) is 0 Å². The van der Waals surface area contributed by atoms with Crippen molar-refractivity contribution >= 4 is 5.95 Å². The molecule has 1 heterocycles. The number of hydrogen-bond acceptors (Lipinski definition) is 4. The molecule has 0 aliphatic heterocycles. The van der Waals surface area contributed by atoms with Crippen LogP contribution in [-0.2, 0) is 6.42 Å². The Morgan fingerprint density at radius 1 is 1.12 bits per heavy atom. The molecule has 0 aromatic carbocycles. The van der Waals surface area contributed by atoms with Gasteiger partial charge in [0, 0.05) is 25.5 Å². The molecule has 4 nitrogen and oxygen atoms in total. The second kappa shape index (κ2) is 5.80. The van der Waals surface area contributed by atoms with Crippen LogP contribution in [0.3, 0.4) is 0 Å². The lowest BCUT2D eigenvalue weighted by molar-refractivity contribution is 0.714. The Kier molecular flexibility index (Phi) is 4.68. The number of nitrogens with one attached hydrogen (secondary N) is 1. The lowest BCUT2D eigenvalue weighted by Crippen LogP contribution is -2.16. The first kappa shape index (κ1) is 12.9. The van der Waals surface area contributed by atoms with Crippen LogP contribution >= 0.6 is 0 Å². The predicted octanol–water partition coefficient (Wildman–Crippen LogP) is 1.31. The lowest BCUT2D eigenvalue weighted by Gasteiger charge is -2.15. The van der Waals surface area contributed by atoms with Crippen LogP contribution in [0.25, 0.3) is 0 Å². The van der Waals surface area contributed by atoms with Gasteiger partial charge in [0.1, 0.15) is 0 Å². The topological polar surface area (TPSA) is 41.1 Å². The summed E-state index contributed by atoms with van der Waals surface area (Å²) < 4.78 is 0. The van der Waals surface area contributed by atoms with Crippen molar-refractivity contribution in [2.75, 3.05) is 32.6 Å². The molecule has 0 atom stereocenters. The Balaban J connectivity index is 2.85. The third-order valence-corrected chi connectivity index (χ3v) is 2.66. The minimum absolute atomic E-state index is 0.798. The van der Waals surface area contributed by atoms with E-state index in [1.165, 1.54) is 5.56 Å². The molecule has 90 valence electrons. The van der Waals surface area contributed by atoms with Gasteiger partial charge in [-0.05, 0) is 45.8 Å². The molecule has 0 aliphatic carbocycles. The highest BCUT2D eigenvalue weighted by Crippen LogP contribution is 2.15. The number of anilines is 1. The van der Waals surface area contributed by atoms with Crippen molar-refractivity contribution in [2.24, 2.45) is 0 Å². The summed E-state index contributed by atoms with van der Waals surface area (Å²) >= 11 is 0. The summed E-state index contributed by atoms with van der Waals surface area (Å²) in [6.45, 7) is 5.17. The summed E-state index contributed by atoms with van der Waals surface area (Å²) in [6, 6.07) is 0. The van der Waals surface area contributed by atoms with Crippen LogP contribution in [0.1, 0.15) is 23.4 Å². The molecule has 0 amide bonds. The van der Waals surface area contributed by atoms with Gasteiger partial charge in [-0.25, -0.2) is 9.97 Å². The highest BCUT2D eigenvalue weighted by atomic mass is 15.2. The zero-order chi connectivity index (χ0) is 12.1. The van der Waals surface area contributed by atoms with Gasteiger partial charge < -0.3 is 10.2 Å². The molecular weight excluding hydrogens is 200 g/mol. The van der Waals surface area contributed by atoms with Gasteiger partial charge in [-0.2, -0.15) is 0 Å². The first-order chi connectivity index (χ1) is 7.56. The van der Waals surface area contributed by atoms with Gasteiger partial charge in [0.25, 0.3) is 0 Å². The van der Waals surface area contributed by atoms with Crippen molar-refractivity contribution in [1.29, 1.82) is 0 Å². The van der Waals surface area contributed by atoms with Gasteiger partial charge in [-0.3, -0.25) is 0 Å². The number of aryl methyl sites for hydroxylation is 2. The van der Waals surface area contributed by atoms with Crippen molar-refractivity contribution < 1.29 is 0 Å². The molecule has 1 aromatic rings. The minimum Gasteiger partial charge on any atom is -0.347 e. The van der Waals surface area contributed by atoms with Crippen molar-refractivity contribution in [3.05, 3.63) is 17.0 Å². The highest BCUT2D eigenvalue weighted by molar-refractivity contribution is 5.35. The normalized spacial score (nSPS) is 10.6. The smallest absolute Gasteiger partial charge is 0.225 e. The van der Waals surface area contributed by atoms with E-state index in [0.29, 0.717) is 0 Å². The van der Waals surface area contributed by atoms with Gasteiger partial charge in [-0.1, -0.05) is 0 Å². The third-order valence-electron chi connectivity index (χ3n) is 2.66. The monoisotopic (exact) mass is 222 g/mol. The molecule has 1 aromatic heterocycles. The molecule has 0 unspecified atom stereocenters. The molecule has 4 heteroatoms. The Hall–Kier alpha value is -1.16. The van der Waals surface area contributed by atoms with Crippen LogP contribution in [-0.4, -0.2) is 37.7 Å². The first-order valence-corrected chi connectivity index (χ1v) is 5.72. The van der Waals surface area contributed by atoms with Gasteiger partial charge in [-0.15, -0.1) is 0 Å². The van der Waals surface area contributed by atoms with Crippen LogP contribution in [0, 0.1) is 13.8 Å². The Bertz CT molecular complexity index is 324. The standard InChI is InChI=1S/C12H22N4/c1-9-11(7-6-8-13-3)10(2)15-12(14-9)16(4)5/h13H,6-8H2,1-5H3. The molecule has 0 fully saturated rings. The molecule has 0 aliphatic rings. The summed E-state index contributed by atoms with van der Waals surface area (Å²) in [6.07, 6.45) is 2.18.